The van der Waals surface area contributed by atoms with E-state index in [1.54, 1.807) is 0 Å². The van der Waals surface area contributed by atoms with Crippen LogP contribution >= 0.6 is 0 Å². The van der Waals surface area contributed by atoms with Crippen LogP contribution in [0, 0.1) is 0 Å². The Morgan fingerprint density at radius 3 is 2.75 bits per heavy atom. The first kappa shape index (κ1) is 14.6. The highest BCUT2D eigenvalue weighted by Crippen LogP contribution is 2.22. The molecule has 4 heteroatoms. The average Bonchev–Trinajstić information content (AvgIpc) is 2.92. The number of aryl methyl sites for hydroxylation is 1. The molecule has 1 N–H and O–H groups in total. The van der Waals surface area contributed by atoms with E-state index in [2.05, 4.69) is 66.8 Å². The maximum Gasteiger partial charge on any atom is 0.0522 e. The predicted molar refractivity (Wildman–Crippen MR) is 84.2 cm³/mol. The quantitative estimate of drug-likeness (QED) is 0.877. The van der Waals surface area contributed by atoms with Gasteiger partial charge >= 0.3 is 0 Å². The topological polar surface area (TPSA) is 33.1 Å². The van der Waals surface area contributed by atoms with E-state index in [0.29, 0.717) is 6.04 Å². The zero-order chi connectivity index (χ0) is 14.5. The summed E-state index contributed by atoms with van der Waals surface area (Å²) < 4.78 is 1.97. The second kappa shape index (κ2) is 6.57. The monoisotopic (exact) mass is 272 g/mol. The highest BCUT2D eigenvalue weighted by atomic mass is 15.3. The Kier molecular flexibility index (Phi) is 4.79. The van der Waals surface area contributed by atoms with Crippen LogP contribution in [0.1, 0.15) is 24.1 Å². The molecule has 0 saturated heterocycles. The normalized spacial score (nSPS) is 12.4. The number of aromatic nitrogens is 2. The van der Waals surface area contributed by atoms with Gasteiger partial charge in [-0.1, -0.05) is 12.1 Å². The molecule has 1 atom stereocenters. The van der Waals surface area contributed by atoms with Crippen molar-refractivity contribution >= 4 is 5.69 Å². The molecule has 0 saturated carbocycles. The lowest BCUT2D eigenvalue weighted by atomic mass is 10.0. The SMILES string of the molecule is CCn1cc(CC(NC)c2cccc(N(C)C)c2)cn1. The maximum absolute atomic E-state index is 4.34. The molecule has 0 radical (unpaired) electrons. The van der Waals surface area contributed by atoms with Gasteiger partial charge in [-0.05, 0) is 43.7 Å². The van der Waals surface area contributed by atoms with Gasteiger partial charge in [0.15, 0.2) is 0 Å². The lowest BCUT2D eigenvalue weighted by Crippen LogP contribution is -2.19. The largest absolute Gasteiger partial charge is 0.378 e. The molecular weight excluding hydrogens is 248 g/mol. The molecule has 0 aliphatic carbocycles. The van der Waals surface area contributed by atoms with Crippen molar-refractivity contribution in [2.45, 2.75) is 25.9 Å². The minimum Gasteiger partial charge on any atom is -0.378 e. The summed E-state index contributed by atoms with van der Waals surface area (Å²) in [4.78, 5) is 2.13. The Balaban J connectivity index is 2.17. The summed E-state index contributed by atoms with van der Waals surface area (Å²) in [5.74, 6) is 0. The van der Waals surface area contributed by atoms with Crippen LogP contribution in [0.15, 0.2) is 36.7 Å². The van der Waals surface area contributed by atoms with E-state index in [-0.39, 0.29) is 0 Å². The van der Waals surface area contributed by atoms with Gasteiger partial charge in [0.2, 0.25) is 0 Å². The van der Waals surface area contributed by atoms with Crippen molar-refractivity contribution in [3.8, 4) is 0 Å². The van der Waals surface area contributed by atoms with Crippen LogP contribution in [0.25, 0.3) is 0 Å². The minimum atomic E-state index is 0.310. The van der Waals surface area contributed by atoms with Crippen molar-refractivity contribution in [2.24, 2.45) is 0 Å². The van der Waals surface area contributed by atoms with Crippen LogP contribution in [0.5, 0.6) is 0 Å². The fourth-order valence-electron chi connectivity index (χ4n) is 2.33. The molecule has 108 valence electrons. The standard InChI is InChI=1S/C16H24N4/c1-5-20-12-13(11-18-20)9-16(17-2)14-7-6-8-15(10-14)19(3)4/h6-8,10-12,16-17H,5,9H2,1-4H3. The van der Waals surface area contributed by atoms with E-state index in [0.717, 1.165) is 13.0 Å². The van der Waals surface area contributed by atoms with Crippen molar-refractivity contribution in [2.75, 3.05) is 26.0 Å². The van der Waals surface area contributed by atoms with Gasteiger partial charge in [0.25, 0.3) is 0 Å². The van der Waals surface area contributed by atoms with Gasteiger partial charge < -0.3 is 10.2 Å². The first-order chi connectivity index (χ1) is 9.63. The predicted octanol–water partition coefficient (Wildman–Crippen LogP) is 2.47. The molecule has 1 aromatic carbocycles. The van der Waals surface area contributed by atoms with E-state index >= 15 is 0 Å². The van der Waals surface area contributed by atoms with Crippen LogP contribution in [-0.2, 0) is 13.0 Å². The van der Waals surface area contributed by atoms with E-state index in [4.69, 9.17) is 0 Å². The maximum atomic E-state index is 4.34. The van der Waals surface area contributed by atoms with Crippen LogP contribution in [-0.4, -0.2) is 30.9 Å². The van der Waals surface area contributed by atoms with Crippen molar-refractivity contribution in [1.82, 2.24) is 15.1 Å². The molecule has 20 heavy (non-hydrogen) atoms. The zero-order valence-electron chi connectivity index (χ0n) is 12.8. The number of anilines is 1. The van der Waals surface area contributed by atoms with Gasteiger partial charge in [-0.2, -0.15) is 5.10 Å². The smallest absolute Gasteiger partial charge is 0.0522 e. The van der Waals surface area contributed by atoms with Crippen LogP contribution < -0.4 is 10.2 Å². The first-order valence-corrected chi connectivity index (χ1v) is 7.10. The fourth-order valence-corrected chi connectivity index (χ4v) is 2.33. The summed E-state index contributed by atoms with van der Waals surface area (Å²) in [7, 11) is 6.15. The Morgan fingerprint density at radius 2 is 2.15 bits per heavy atom. The van der Waals surface area contributed by atoms with Crippen molar-refractivity contribution in [1.29, 1.82) is 0 Å². The third-order valence-corrected chi connectivity index (χ3v) is 3.59. The van der Waals surface area contributed by atoms with Gasteiger partial charge in [-0.3, -0.25) is 4.68 Å². The molecule has 0 spiro atoms. The number of benzene rings is 1. The van der Waals surface area contributed by atoms with Crippen LogP contribution in [0.2, 0.25) is 0 Å². The summed E-state index contributed by atoms with van der Waals surface area (Å²) in [6.07, 6.45) is 5.04. The third kappa shape index (κ3) is 3.39. The highest BCUT2D eigenvalue weighted by Gasteiger charge is 2.12. The molecule has 1 unspecified atom stereocenters. The lowest BCUT2D eigenvalue weighted by Gasteiger charge is -2.19. The molecule has 2 rings (SSSR count). The van der Waals surface area contributed by atoms with Gasteiger partial charge in [-0.15, -0.1) is 0 Å². The fraction of sp³-hybridized carbons (Fsp3) is 0.438. The molecule has 0 bridgehead atoms. The number of nitrogens with zero attached hydrogens (tertiary/aromatic N) is 3. The second-order valence-corrected chi connectivity index (χ2v) is 5.24. The summed E-state index contributed by atoms with van der Waals surface area (Å²) in [5.41, 5.74) is 3.80. The van der Waals surface area contributed by atoms with Crippen LogP contribution in [0.4, 0.5) is 5.69 Å². The third-order valence-electron chi connectivity index (χ3n) is 3.59. The van der Waals surface area contributed by atoms with Gasteiger partial charge in [0.1, 0.15) is 0 Å². The number of hydrogen-bond acceptors (Lipinski definition) is 3. The number of nitrogens with one attached hydrogen (secondary N) is 1. The average molecular weight is 272 g/mol. The van der Waals surface area contributed by atoms with E-state index in [1.165, 1.54) is 16.8 Å². The van der Waals surface area contributed by atoms with E-state index in [1.807, 2.05) is 17.9 Å². The minimum absolute atomic E-state index is 0.310. The molecule has 1 aromatic heterocycles. The Hall–Kier alpha value is -1.81. The summed E-state index contributed by atoms with van der Waals surface area (Å²) in [6.45, 7) is 3.02. The molecular formula is C16H24N4. The number of likely N-dealkylation sites (N-methyl/N-ethyl adjacent to an activating group) is 1. The van der Waals surface area contributed by atoms with Crippen molar-refractivity contribution < 1.29 is 0 Å². The molecule has 0 aliphatic rings. The summed E-state index contributed by atoms with van der Waals surface area (Å²) in [5, 5.41) is 7.75. The summed E-state index contributed by atoms with van der Waals surface area (Å²) in [6, 6.07) is 8.98. The van der Waals surface area contributed by atoms with E-state index < -0.39 is 0 Å². The van der Waals surface area contributed by atoms with Gasteiger partial charge in [-0.25, -0.2) is 0 Å². The van der Waals surface area contributed by atoms with Crippen LogP contribution in [0.3, 0.4) is 0 Å². The Labute approximate surface area is 121 Å². The summed E-state index contributed by atoms with van der Waals surface area (Å²) >= 11 is 0. The van der Waals surface area contributed by atoms with Gasteiger partial charge in [0.05, 0.1) is 6.20 Å². The molecule has 1 heterocycles. The van der Waals surface area contributed by atoms with E-state index in [9.17, 15) is 0 Å². The molecule has 0 aliphatic heterocycles. The second-order valence-electron chi connectivity index (χ2n) is 5.24. The molecule has 0 amide bonds. The molecule has 2 aromatic rings. The Morgan fingerprint density at radius 1 is 1.35 bits per heavy atom. The molecule has 4 nitrogen and oxygen atoms in total. The Bertz CT molecular complexity index is 545. The number of hydrogen-bond donors (Lipinski definition) is 1. The lowest BCUT2D eigenvalue weighted by molar-refractivity contribution is 0.591. The molecule has 0 fully saturated rings. The van der Waals surface area contributed by atoms with Gasteiger partial charge in [0, 0.05) is 38.6 Å². The van der Waals surface area contributed by atoms with Crippen molar-refractivity contribution in [3.63, 3.8) is 0 Å². The zero-order valence-corrected chi connectivity index (χ0v) is 12.8. The number of rotatable bonds is 6. The highest BCUT2D eigenvalue weighted by molar-refractivity contribution is 5.48. The van der Waals surface area contributed by atoms with Crippen molar-refractivity contribution in [3.05, 3.63) is 47.8 Å². The first-order valence-electron chi connectivity index (χ1n) is 7.10.